The number of aromatic nitrogens is 2. The lowest BCUT2D eigenvalue weighted by molar-refractivity contribution is 0.0392. The Morgan fingerprint density at radius 1 is 0.962 bits per heavy atom. The highest BCUT2D eigenvalue weighted by atomic mass is 16.3. The number of ketones is 2. The van der Waals surface area contributed by atoms with Crippen molar-refractivity contribution in [2.75, 3.05) is 6.54 Å². The summed E-state index contributed by atoms with van der Waals surface area (Å²) < 4.78 is 0. The number of imidazole rings is 1. The fraction of sp³-hybridized carbons (Fsp3) is 0.211. The molecule has 4 N–H and O–H groups in total. The molecule has 0 amide bonds. The van der Waals surface area contributed by atoms with Crippen LogP contribution in [-0.4, -0.2) is 50.5 Å². The van der Waals surface area contributed by atoms with Gasteiger partial charge in [-0.15, -0.1) is 0 Å². The maximum absolute atomic E-state index is 13.0. The van der Waals surface area contributed by atoms with Crippen molar-refractivity contribution >= 4 is 22.6 Å². The van der Waals surface area contributed by atoms with E-state index < -0.39 is 18.2 Å². The van der Waals surface area contributed by atoms with Crippen LogP contribution >= 0.6 is 0 Å². The number of rotatable bonds is 1. The molecule has 0 unspecified atom stereocenters. The van der Waals surface area contributed by atoms with Crippen LogP contribution in [0.15, 0.2) is 36.4 Å². The van der Waals surface area contributed by atoms with Crippen LogP contribution in [0, 0.1) is 0 Å². The zero-order valence-corrected chi connectivity index (χ0v) is 13.6. The van der Waals surface area contributed by atoms with Gasteiger partial charge in [0.05, 0.1) is 23.2 Å². The molecule has 2 aliphatic rings. The number of aliphatic hydroxyl groups excluding tert-OH is 2. The molecule has 3 atom stereocenters. The molecular formula is C19H15N3O4. The lowest BCUT2D eigenvalue weighted by atomic mass is 9.83. The molecule has 7 heteroatoms. The predicted molar refractivity (Wildman–Crippen MR) is 92.2 cm³/mol. The first-order valence-corrected chi connectivity index (χ1v) is 8.37. The number of nitrogens with zero attached hydrogens (tertiary/aromatic N) is 1. The Kier molecular flexibility index (Phi) is 3.14. The molecule has 2 aromatic carbocycles. The van der Waals surface area contributed by atoms with Crippen molar-refractivity contribution in [3.63, 3.8) is 0 Å². The van der Waals surface area contributed by atoms with E-state index in [0.29, 0.717) is 33.5 Å². The summed E-state index contributed by atoms with van der Waals surface area (Å²) in [6, 6.07) is 9.53. The maximum Gasteiger partial charge on any atom is 0.196 e. The summed E-state index contributed by atoms with van der Waals surface area (Å²) in [4.78, 5) is 33.4. The van der Waals surface area contributed by atoms with E-state index in [2.05, 4.69) is 15.3 Å². The van der Waals surface area contributed by atoms with Crippen LogP contribution in [0.4, 0.5) is 0 Å². The minimum absolute atomic E-state index is 0.198. The second kappa shape index (κ2) is 5.31. The van der Waals surface area contributed by atoms with Gasteiger partial charge < -0.3 is 20.5 Å². The number of aromatic amines is 1. The zero-order chi connectivity index (χ0) is 18.0. The number of carbonyl (C=O) groups excluding carboxylic acids is 2. The highest BCUT2D eigenvalue weighted by Gasteiger charge is 2.37. The second-order valence-corrected chi connectivity index (χ2v) is 6.65. The highest BCUT2D eigenvalue weighted by molar-refractivity contribution is 6.31. The SMILES string of the molecule is O=C1c2ccccc2C(=O)c2c1ccc1[nH]c([C@H]3NC[C@@H](O)[C@H]3O)nc21. The van der Waals surface area contributed by atoms with Gasteiger partial charge in [-0.25, -0.2) is 4.98 Å². The van der Waals surface area contributed by atoms with Gasteiger partial charge in [-0.3, -0.25) is 9.59 Å². The number of hydrogen-bond donors (Lipinski definition) is 4. The fourth-order valence-corrected chi connectivity index (χ4v) is 3.79. The Balaban J connectivity index is 1.70. The molecule has 130 valence electrons. The van der Waals surface area contributed by atoms with Gasteiger partial charge in [0, 0.05) is 23.2 Å². The Morgan fingerprint density at radius 3 is 2.38 bits per heavy atom. The molecule has 1 aliphatic heterocycles. The third-order valence-corrected chi connectivity index (χ3v) is 5.14. The minimum atomic E-state index is -0.996. The topological polar surface area (TPSA) is 115 Å². The number of aliphatic hydroxyl groups is 2. The first-order chi connectivity index (χ1) is 12.6. The Labute approximate surface area is 147 Å². The average molecular weight is 349 g/mol. The Hall–Kier alpha value is -2.87. The van der Waals surface area contributed by atoms with Crippen LogP contribution in [0.5, 0.6) is 0 Å². The van der Waals surface area contributed by atoms with Crippen LogP contribution in [0.1, 0.15) is 43.7 Å². The van der Waals surface area contributed by atoms with E-state index in [4.69, 9.17) is 0 Å². The van der Waals surface area contributed by atoms with Crippen molar-refractivity contribution in [3.05, 3.63) is 64.5 Å². The van der Waals surface area contributed by atoms with Gasteiger partial charge in [-0.1, -0.05) is 24.3 Å². The number of fused-ring (bicyclic) bond motifs is 4. The average Bonchev–Trinajstić information content (AvgIpc) is 3.22. The third kappa shape index (κ3) is 1.96. The van der Waals surface area contributed by atoms with E-state index in [1.165, 1.54) is 0 Å². The highest BCUT2D eigenvalue weighted by Crippen LogP contribution is 2.33. The van der Waals surface area contributed by atoms with Crippen molar-refractivity contribution in [1.82, 2.24) is 15.3 Å². The summed E-state index contributed by atoms with van der Waals surface area (Å²) in [6.07, 6.45) is -1.87. The lowest BCUT2D eigenvalue weighted by Gasteiger charge is -2.17. The largest absolute Gasteiger partial charge is 0.389 e. The number of β-amino-alcohol motifs (C(OH)–C–C–N with tert-alkyl or cyclic N) is 1. The molecule has 0 spiro atoms. The molecule has 2 heterocycles. The van der Waals surface area contributed by atoms with Crippen LogP contribution in [-0.2, 0) is 0 Å². The summed E-state index contributed by atoms with van der Waals surface area (Å²) in [6.45, 7) is 0.256. The molecule has 7 nitrogen and oxygen atoms in total. The van der Waals surface area contributed by atoms with Crippen LogP contribution in [0.2, 0.25) is 0 Å². The van der Waals surface area contributed by atoms with E-state index in [1.807, 2.05) is 0 Å². The van der Waals surface area contributed by atoms with Gasteiger partial charge in [0.1, 0.15) is 17.4 Å². The van der Waals surface area contributed by atoms with E-state index in [9.17, 15) is 19.8 Å². The number of H-pyrrole nitrogens is 1. The van der Waals surface area contributed by atoms with E-state index >= 15 is 0 Å². The first-order valence-electron chi connectivity index (χ1n) is 8.37. The van der Waals surface area contributed by atoms with Crippen molar-refractivity contribution in [1.29, 1.82) is 0 Å². The molecule has 1 aliphatic carbocycles. The molecule has 5 rings (SSSR count). The molecule has 3 aromatic rings. The van der Waals surface area contributed by atoms with E-state index in [-0.39, 0.29) is 23.7 Å². The number of nitrogens with one attached hydrogen (secondary N) is 2. The first kappa shape index (κ1) is 15.4. The van der Waals surface area contributed by atoms with Gasteiger partial charge in [-0.2, -0.15) is 0 Å². The zero-order valence-electron chi connectivity index (χ0n) is 13.6. The van der Waals surface area contributed by atoms with Gasteiger partial charge in [0.15, 0.2) is 11.6 Å². The molecular weight excluding hydrogens is 334 g/mol. The molecule has 1 fully saturated rings. The quantitative estimate of drug-likeness (QED) is 0.402. The predicted octanol–water partition coefficient (Wildman–Crippen LogP) is 0.704. The van der Waals surface area contributed by atoms with Crippen molar-refractivity contribution < 1.29 is 19.8 Å². The smallest absolute Gasteiger partial charge is 0.196 e. The number of benzene rings is 2. The maximum atomic E-state index is 13.0. The van der Waals surface area contributed by atoms with Crippen LogP contribution in [0.25, 0.3) is 11.0 Å². The summed E-state index contributed by atoms with van der Waals surface area (Å²) in [5, 5.41) is 22.8. The summed E-state index contributed by atoms with van der Waals surface area (Å²) in [5.74, 6) is -0.00790. The van der Waals surface area contributed by atoms with Crippen molar-refractivity contribution in [3.8, 4) is 0 Å². The van der Waals surface area contributed by atoms with Gasteiger partial charge >= 0.3 is 0 Å². The van der Waals surface area contributed by atoms with Gasteiger partial charge in [0.2, 0.25) is 0 Å². The van der Waals surface area contributed by atoms with Crippen molar-refractivity contribution in [2.45, 2.75) is 18.2 Å². The molecule has 0 saturated carbocycles. The van der Waals surface area contributed by atoms with Crippen LogP contribution in [0.3, 0.4) is 0 Å². The van der Waals surface area contributed by atoms with E-state index in [1.54, 1.807) is 36.4 Å². The molecule has 0 radical (unpaired) electrons. The Bertz CT molecular complexity index is 1090. The monoisotopic (exact) mass is 349 g/mol. The third-order valence-electron chi connectivity index (χ3n) is 5.14. The summed E-state index contributed by atoms with van der Waals surface area (Å²) in [5.41, 5.74) is 2.39. The molecule has 0 bridgehead atoms. The van der Waals surface area contributed by atoms with Crippen LogP contribution < -0.4 is 5.32 Å². The van der Waals surface area contributed by atoms with Gasteiger partial charge in [-0.05, 0) is 12.1 Å². The molecule has 26 heavy (non-hydrogen) atoms. The second-order valence-electron chi connectivity index (χ2n) is 6.65. The Morgan fingerprint density at radius 2 is 1.69 bits per heavy atom. The van der Waals surface area contributed by atoms with Crippen molar-refractivity contribution in [2.24, 2.45) is 0 Å². The summed E-state index contributed by atoms with van der Waals surface area (Å²) in [7, 11) is 0. The normalized spacial score (nSPS) is 24.8. The minimum Gasteiger partial charge on any atom is -0.389 e. The van der Waals surface area contributed by atoms with E-state index in [0.717, 1.165) is 0 Å². The summed E-state index contributed by atoms with van der Waals surface area (Å²) >= 11 is 0. The molecule has 1 aromatic heterocycles. The lowest BCUT2D eigenvalue weighted by Crippen LogP contribution is -2.26. The van der Waals surface area contributed by atoms with Gasteiger partial charge in [0.25, 0.3) is 0 Å². The fourth-order valence-electron chi connectivity index (χ4n) is 3.79. The number of hydrogen-bond acceptors (Lipinski definition) is 6. The number of carbonyl (C=O) groups is 2. The molecule has 1 saturated heterocycles. The standard InChI is InChI=1S/C19H15N3O4/c23-12-7-20-15(18(12)26)19-21-11-6-5-10-13(14(11)22-19)17(25)9-4-2-1-3-8(9)16(10)24/h1-6,12,15,18,20,23,26H,7H2,(H,21,22)/t12-,15+,18-/m1/s1.